The monoisotopic (exact) mass is 464 g/mol. The van der Waals surface area contributed by atoms with E-state index in [0.717, 1.165) is 36.9 Å². The van der Waals surface area contributed by atoms with Gasteiger partial charge in [0.05, 0.1) is 18.4 Å². The molecule has 1 aromatic heterocycles. The van der Waals surface area contributed by atoms with Crippen LogP contribution in [0.1, 0.15) is 53.1 Å². The fourth-order valence-corrected chi connectivity index (χ4v) is 4.62. The van der Waals surface area contributed by atoms with Crippen LogP contribution in [0.4, 0.5) is 0 Å². The maximum absolute atomic E-state index is 13.0. The van der Waals surface area contributed by atoms with E-state index in [1.54, 1.807) is 17.9 Å². The predicted octanol–water partition coefficient (Wildman–Crippen LogP) is 2.51. The number of carbonyl (C=O) groups is 1. The molecule has 2 aliphatic heterocycles. The highest BCUT2D eigenvalue weighted by Gasteiger charge is 2.38. The first kappa shape index (κ1) is 22.1. The van der Waals surface area contributed by atoms with Crippen LogP contribution >= 0.6 is 0 Å². The third kappa shape index (κ3) is 3.73. The van der Waals surface area contributed by atoms with Crippen LogP contribution in [0.2, 0.25) is 0 Å². The van der Waals surface area contributed by atoms with Gasteiger partial charge in [-0.05, 0) is 54.1 Å². The summed E-state index contributed by atoms with van der Waals surface area (Å²) in [5.74, 6) is 2.35. The van der Waals surface area contributed by atoms with Gasteiger partial charge in [0.1, 0.15) is 6.04 Å². The Morgan fingerprint density at radius 2 is 2.15 bits per heavy atom. The molecule has 2 aromatic carbocycles. The first-order valence-electron chi connectivity index (χ1n) is 11.5. The van der Waals surface area contributed by atoms with Crippen molar-refractivity contribution < 1.29 is 19.0 Å². The summed E-state index contributed by atoms with van der Waals surface area (Å²) in [6.45, 7) is 3.67. The van der Waals surface area contributed by atoms with Gasteiger partial charge in [-0.25, -0.2) is 0 Å². The highest BCUT2D eigenvalue weighted by molar-refractivity contribution is 5.97. The van der Waals surface area contributed by atoms with E-state index in [9.17, 15) is 4.79 Å². The molecule has 0 saturated carbocycles. The molecule has 0 radical (unpaired) electrons. The minimum atomic E-state index is -0.306. The van der Waals surface area contributed by atoms with Crippen molar-refractivity contribution in [1.29, 1.82) is 0 Å². The minimum Gasteiger partial charge on any atom is -0.492 e. The molecule has 1 amide bonds. The van der Waals surface area contributed by atoms with E-state index in [1.807, 2.05) is 31.3 Å². The molecule has 0 aliphatic carbocycles. The summed E-state index contributed by atoms with van der Waals surface area (Å²) in [5.41, 5.74) is 3.19. The number of hydrogen-bond acceptors (Lipinski definition) is 8. The fourth-order valence-electron chi connectivity index (χ4n) is 4.62. The Balaban J connectivity index is 1.61. The number of nitrogens with zero attached hydrogens (tertiary/aromatic N) is 5. The largest absolute Gasteiger partial charge is 0.492 e. The van der Waals surface area contributed by atoms with E-state index in [4.69, 9.17) is 14.2 Å². The van der Waals surface area contributed by atoms with E-state index < -0.39 is 0 Å². The quantitative estimate of drug-likeness (QED) is 0.532. The molecule has 1 atom stereocenters. The Labute approximate surface area is 197 Å². The SMILES string of the molecule is CCCCNC(=O)c1ccccc1-n1nnnc1C1c2c(cc3c(c2OC)OCO3)CCN1C. The molecule has 2 aliphatic rings. The number of rotatable bonds is 7. The van der Waals surface area contributed by atoms with Gasteiger partial charge in [0.25, 0.3) is 5.91 Å². The van der Waals surface area contributed by atoms with Gasteiger partial charge in [0.2, 0.25) is 12.5 Å². The van der Waals surface area contributed by atoms with E-state index >= 15 is 0 Å². The van der Waals surface area contributed by atoms with Gasteiger partial charge >= 0.3 is 0 Å². The topological polar surface area (TPSA) is 104 Å². The van der Waals surface area contributed by atoms with Crippen LogP contribution in [0.15, 0.2) is 30.3 Å². The van der Waals surface area contributed by atoms with Gasteiger partial charge in [0, 0.05) is 18.7 Å². The number of aromatic nitrogens is 4. The molecular weight excluding hydrogens is 436 g/mol. The van der Waals surface area contributed by atoms with Gasteiger partial charge in [0.15, 0.2) is 17.3 Å². The third-order valence-corrected chi connectivity index (χ3v) is 6.33. The molecule has 178 valence electrons. The predicted molar refractivity (Wildman–Crippen MR) is 124 cm³/mol. The molecule has 0 bridgehead atoms. The van der Waals surface area contributed by atoms with Crippen molar-refractivity contribution in [2.75, 3.05) is 34.0 Å². The lowest BCUT2D eigenvalue weighted by Gasteiger charge is -2.34. The highest BCUT2D eigenvalue weighted by atomic mass is 16.7. The number of fused-ring (bicyclic) bond motifs is 2. The molecule has 1 N–H and O–H groups in total. The Morgan fingerprint density at radius 3 is 2.97 bits per heavy atom. The van der Waals surface area contributed by atoms with Gasteiger partial charge in [-0.1, -0.05) is 25.5 Å². The summed E-state index contributed by atoms with van der Waals surface area (Å²) in [4.78, 5) is 15.1. The summed E-state index contributed by atoms with van der Waals surface area (Å²) in [6.07, 6.45) is 2.75. The first-order chi connectivity index (χ1) is 16.6. The number of ether oxygens (including phenoxy) is 3. The third-order valence-electron chi connectivity index (χ3n) is 6.33. The van der Waals surface area contributed by atoms with Crippen LogP contribution in [-0.2, 0) is 6.42 Å². The average molecular weight is 465 g/mol. The molecule has 34 heavy (non-hydrogen) atoms. The molecule has 3 aromatic rings. The van der Waals surface area contributed by atoms with Gasteiger partial charge in [-0.3, -0.25) is 9.69 Å². The molecular formula is C24H28N6O4. The van der Waals surface area contributed by atoms with E-state index in [1.165, 1.54) is 0 Å². The minimum absolute atomic E-state index is 0.149. The van der Waals surface area contributed by atoms with Crippen LogP contribution in [0, 0.1) is 0 Å². The fraction of sp³-hybridized carbons (Fsp3) is 0.417. The smallest absolute Gasteiger partial charge is 0.253 e. The number of nitrogens with one attached hydrogen (secondary N) is 1. The Kier molecular flexibility index (Phi) is 6.06. The summed E-state index contributed by atoms with van der Waals surface area (Å²) in [6, 6.07) is 9.08. The number of likely N-dealkylation sites (N-methyl/N-ethyl adjacent to an activating group) is 1. The number of hydrogen-bond donors (Lipinski definition) is 1. The zero-order valence-corrected chi connectivity index (χ0v) is 19.6. The van der Waals surface area contributed by atoms with Crippen LogP contribution < -0.4 is 19.5 Å². The lowest BCUT2D eigenvalue weighted by Crippen LogP contribution is -2.35. The molecule has 5 rings (SSSR count). The normalized spacial score (nSPS) is 16.9. The van der Waals surface area contributed by atoms with Crippen molar-refractivity contribution in [3.63, 3.8) is 0 Å². The second kappa shape index (κ2) is 9.30. The lowest BCUT2D eigenvalue weighted by molar-refractivity contribution is 0.0953. The van der Waals surface area contributed by atoms with Crippen LogP contribution in [-0.4, -0.2) is 65.1 Å². The number of para-hydroxylation sites is 1. The molecule has 0 saturated heterocycles. The number of unbranched alkanes of at least 4 members (excludes halogenated alkanes) is 1. The zero-order valence-electron chi connectivity index (χ0n) is 19.6. The summed E-state index contributed by atoms with van der Waals surface area (Å²) in [5, 5.41) is 15.7. The van der Waals surface area contributed by atoms with Crippen molar-refractivity contribution >= 4 is 5.91 Å². The molecule has 0 spiro atoms. The second-order valence-electron chi connectivity index (χ2n) is 8.43. The van der Waals surface area contributed by atoms with Gasteiger partial charge in [-0.15, -0.1) is 5.10 Å². The Morgan fingerprint density at radius 1 is 1.29 bits per heavy atom. The first-order valence-corrected chi connectivity index (χ1v) is 11.5. The summed E-state index contributed by atoms with van der Waals surface area (Å²) in [7, 11) is 3.65. The Hall–Kier alpha value is -3.66. The molecule has 1 unspecified atom stereocenters. The number of carbonyl (C=O) groups excluding carboxylic acids is 1. The maximum Gasteiger partial charge on any atom is 0.253 e. The summed E-state index contributed by atoms with van der Waals surface area (Å²) >= 11 is 0. The standard InChI is InChI=1S/C24H28N6O4/c1-4-5-11-25-24(31)16-8-6-7-9-17(16)30-23(26-27-28-30)20-19-15(10-12-29(20)2)13-18-21(22(19)32-3)34-14-33-18/h6-9,13,20H,4-5,10-12,14H2,1-3H3,(H,25,31). The highest BCUT2D eigenvalue weighted by Crippen LogP contribution is 2.50. The van der Waals surface area contributed by atoms with Crippen LogP contribution in [0.5, 0.6) is 17.2 Å². The van der Waals surface area contributed by atoms with E-state index in [2.05, 4.69) is 32.7 Å². The zero-order chi connectivity index (χ0) is 23.7. The number of methoxy groups -OCH3 is 1. The van der Waals surface area contributed by atoms with Crippen molar-refractivity contribution in [2.24, 2.45) is 0 Å². The number of tetrazole rings is 1. The Bertz CT molecular complexity index is 1210. The number of benzene rings is 2. The van der Waals surface area contributed by atoms with Crippen LogP contribution in [0.25, 0.3) is 5.69 Å². The summed E-state index contributed by atoms with van der Waals surface area (Å²) < 4.78 is 18.8. The molecule has 10 heteroatoms. The van der Waals surface area contributed by atoms with Crippen molar-refractivity contribution in [3.05, 3.63) is 52.8 Å². The van der Waals surface area contributed by atoms with Crippen molar-refractivity contribution in [2.45, 2.75) is 32.2 Å². The van der Waals surface area contributed by atoms with Gasteiger partial charge in [-0.2, -0.15) is 4.68 Å². The second-order valence-corrected chi connectivity index (χ2v) is 8.43. The average Bonchev–Trinajstić information content (AvgIpc) is 3.52. The van der Waals surface area contributed by atoms with E-state index in [-0.39, 0.29) is 18.7 Å². The van der Waals surface area contributed by atoms with E-state index in [0.29, 0.717) is 40.9 Å². The molecule has 0 fully saturated rings. The lowest BCUT2D eigenvalue weighted by atomic mass is 9.90. The molecule has 3 heterocycles. The van der Waals surface area contributed by atoms with Crippen LogP contribution in [0.3, 0.4) is 0 Å². The van der Waals surface area contributed by atoms with Crippen molar-refractivity contribution in [1.82, 2.24) is 30.4 Å². The molecule has 10 nitrogen and oxygen atoms in total. The van der Waals surface area contributed by atoms with Crippen molar-refractivity contribution in [3.8, 4) is 22.9 Å². The number of amides is 1. The maximum atomic E-state index is 13.0. The van der Waals surface area contributed by atoms with Gasteiger partial charge < -0.3 is 19.5 Å².